The highest BCUT2D eigenvalue weighted by atomic mass is 16.5. The maximum Gasteiger partial charge on any atom is 0.308 e. The molecule has 0 radical (unpaired) electrons. The molecule has 0 amide bonds. The molecule has 0 bridgehead atoms. The van der Waals surface area contributed by atoms with Gasteiger partial charge >= 0.3 is 11.9 Å². The molecule has 1 unspecified atom stereocenters. The van der Waals surface area contributed by atoms with Gasteiger partial charge in [0.1, 0.15) is 0 Å². The van der Waals surface area contributed by atoms with Crippen LogP contribution in [0.15, 0.2) is 0 Å². The Balaban J connectivity index is 3.71. The first-order valence-corrected chi connectivity index (χ1v) is 5.74. The molecule has 0 aliphatic heterocycles. The third kappa shape index (κ3) is 8.18. The molecule has 18 heavy (non-hydrogen) atoms. The van der Waals surface area contributed by atoms with Gasteiger partial charge in [0, 0.05) is 12.8 Å². The van der Waals surface area contributed by atoms with E-state index in [4.69, 9.17) is 16.4 Å². The number of carbonyl (C=O) groups excluding carboxylic acids is 2. The highest BCUT2D eigenvalue weighted by molar-refractivity contribution is 5.74. The Labute approximate surface area is 107 Å². The van der Waals surface area contributed by atoms with E-state index in [0.717, 1.165) is 0 Å². The molecule has 1 atom stereocenters. The summed E-state index contributed by atoms with van der Waals surface area (Å²) in [6.07, 6.45) is 6.32. The smallest absolute Gasteiger partial charge is 0.308 e. The number of ether oxygens (including phenoxy) is 2. The van der Waals surface area contributed by atoms with Crippen LogP contribution in [0.2, 0.25) is 0 Å². The maximum absolute atomic E-state index is 11.4. The lowest BCUT2D eigenvalue weighted by atomic mass is 10.1. The first-order valence-electron chi connectivity index (χ1n) is 5.74. The maximum atomic E-state index is 11.4. The Morgan fingerprint density at radius 3 is 2.72 bits per heavy atom. The second-order valence-corrected chi connectivity index (χ2v) is 3.73. The van der Waals surface area contributed by atoms with Crippen molar-refractivity contribution in [3.05, 3.63) is 0 Å². The van der Waals surface area contributed by atoms with Crippen LogP contribution < -0.4 is 0 Å². The van der Waals surface area contributed by atoms with Crippen molar-refractivity contribution in [1.82, 2.24) is 0 Å². The summed E-state index contributed by atoms with van der Waals surface area (Å²) in [7, 11) is 0. The number of esters is 2. The van der Waals surface area contributed by atoms with Crippen molar-refractivity contribution in [1.29, 1.82) is 5.26 Å². The molecule has 0 saturated heterocycles. The van der Waals surface area contributed by atoms with E-state index < -0.39 is 5.97 Å². The zero-order chi connectivity index (χ0) is 13.8. The van der Waals surface area contributed by atoms with Crippen LogP contribution in [-0.4, -0.2) is 25.2 Å². The van der Waals surface area contributed by atoms with Gasteiger partial charge in [0.25, 0.3) is 0 Å². The lowest BCUT2D eigenvalue weighted by molar-refractivity contribution is -0.149. The fourth-order valence-electron chi connectivity index (χ4n) is 1.11. The van der Waals surface area contributed by atoms with Gasteiger partial charge in [0.05, 0.1) is 18.6 Å². The van der Waals surface area contributed by atoms with Crippen molar-refractivity contribution in [2.24, 2.45) is 5.92 Å². The zero-order valence-corrected chi connectivity index (χ0v) is 10.5. The van der Waals surface area contributed by atoms with Crippen molar-refractivity contribution < 1.29 is 19.1 Å². The van der Waals surface area contributed by atoms with Crippen LogP contribution in [0, 0.1) is 29.6 Å². The van der Waals surface area contributed by atoms with E-state index in [1.807, 2.05) is 6.07 Å². The molecule has 0 aromatic heterocycles. The van der Waals surface area contributed by atoms with Crippen molar-refractivity contribution in [3.63, 3.8) is 0 Å². The number of nitrogens with zero attached hydrogens (tertiary/aromatic N) is 1. The Morgan fingerprint density at radius 1 is 1.39 bits per heavy atom. The Bertz CT molecular complexity index is 351. The molecule has 5 heteroatoms. The van der Waals surface area contributed by atoms with E-state index in [-0.39, 0.29) is 31.5 Å². The largest absolute Gasteiger partial charge is 0.465 e. The van der Waals surface area contributed by atoms with Gasteiger partial charge in [-0.05, 0) is 12.8 Å². The summed E-state index contributed by atoms with van der Waals surface area (Å²) >= 11 is 0. The van der Waals surface area contributed by atoms with Crippen molar-refractivity contribution >= 4 is 11.9 Å². The molecular weight excluding hydrogens is 234 g/mol. The van der Waals surface area contributed by atoms with Crippen LogP contribution >= 0.6 is 0 Å². The van der Waals surface area contributed by atoms with Crippen molar-refractivity contribution in [2.45, 2.75) is 32.6 Å². The van der Waals surface area contributed by atoms with E-state index in [2.05, 4.69) is 10.7 Å². The molecule has 0 spiro atoms. The van der Waals surface area contributed by atoms with Gasteiger partial charge in [0.15, 0.2) is 6.61 Å². The first-order chi connectivity index (χ1) is 8.61. The van der Waals surface area contributed by atoms with Crippen molar-refractivity contribution in [2.75, 3.05) is 13.2 Å². The Hall–Kier alpha value is -2.01. The fourth-order valence-corrected chi connectivity index (χ4v) is 1.11. The molecular formula is C13H17NO4. The highest BCUT2D eigenvalue weighted by Crippen LogP contribution is 2.09. The molecule has 0 N–H and O–H groups in total. The molecule has 0 fully saturated rings. The molecule has 0 heterocycles. The summed E-state index contributed by atoms with van der Waals surface area (Å²) < 4.78 is 9.62. The highest BCUT2D eigenvalue weighted by Gasteiger charge is 2.16. The van der Waals surface area contributed by atoms with Crippen LogP contribution in [0.1, 0.15) is 32.6 Å². The standard InChI is InChI=1S/C13H17NO4/c1-3-9-17-12(15)7-6-11(2)13(16)18-10-5-4-8-14/h1,11H,4-7,9-10H2,2H3. The lowest BCUT2D eigenvalue weighted by Gasteiger charge is -2.10. The van der Waals surface area contributed by atoms with Gasteiger partial charge < -0.3 is 9.47 Å². The number of hydrogen-bond acceptors (Lipinski definition) is 5. The number of hydrogen-bond donors (Lipinski definition) is 0. The second-order valence-electron chi connectivity index (χ2n) is 3.73. The SMILES string of the molecule is C#CCOC(=O)CCC(C)C(=O)OCCCC#N. The van der Waals surface area contributed by atoms with E-state index in [1.54, 1.807) is 6.92 Å². The minimum absolute atomic E-state index is 0.0498. The van der Waals surface area contributed by atoms with Crippen LogP contribution in [0.3, 0.4) is 0 Å². The molecule has 0 aromatic carbocycles. The summed E-state index contributed by atoms with van der Waals surface area (Å²) in [5.74, 6) is 1.04. The molecule has 0 rings (SSSR count). The average Bonchev–Trinajstić information content (AvgIpc) is 2.38. The average molecular weight is 251 g/mol. The van der Waals surface area contributed by atoms with Crippen LogP contribution in [0.5, 0.6) is 0 Å². The number of nitriles is 1. The number of terminal acetylenes is 1. The van der Waals surface area contributed by atoms with Gasteiger partial charge in [-0.2, -0.15) is 5.26 Å². The van der Waals surface area contributed by atoms with Crippen LogP contribution in [-0.2, 0) is 19.1 Å². The third-order valence-electron chi connectivity index (χ3n) is 2.18. The monoisotopic (exact) mass is 251 g/mol. The first kappa shape index (κ1) is 16.0. The van der Waals surface area contributed by atoms with Crippen molar-refractivity contribution in [3.8, 4) is 18.4 Å². The molecule has 98 valence electrons. The third-order valence-corrected chi connectivity index (χ3v) is 2.18. The summed E-state index contributed by atoms with van der Waals surface area (Å²) in [6.45, 7) is 1.87. The summed E-state index contributed by atoms with van der Waals surface area (Å²) in [4.78, 5) is 22.6. The normalized spacial score (nSPS) is 10.8. The molecule has 0 saturated carbocycles. The number of unbranched alkanes of at least 4 members (excludes halogenated alkanes) is 1. The minimum Gasteiger partial charge on any atom is -0.465 e. The van der Waals surface area contributed by atoms with E-state index in [0.29, 0.717) is 19.3 Å². The van der Waals surface area contributed by atoms with Crippen LogP contribution in [0.25, 0.3) is 0 Å². The minimum atomic E-state index is -0.419. The van der Waals surface area contributed by atoms with Gasteiger partial charge in [0.2, 0.25) is 0 Å². The summed E-state index contributed by atoms with van der Waals surface area (Å²) in [5, 5.41) is 8.30. The summed E-state index contributed by atoms with van der Waals surface area (Å²) in [6, 6.07) is 1.96. The quantitative estimate of drug-likeness (QED) is 0.370. The lowest BCUT2D eigenvalue weighted by Crippen LogP contribution is -2.17. The van der Waals surface area contributed by atoms with Gasteiger partial charge in [-0.15, -0.1) is 6.42 Å². The van der Waals surface area contributed by atoms with Gasteiger partial charge in [-0.3, -0.25) is 9.59 Å². The predicted octanol–water partition coefficient (Wildman–Crippen LogP) is 1.43. The predicted molar refractivity (Wildman–Crippen MR) is 64.0 cm³/mol. The summed E-state index contributed by atoms with van der Waals surface area (Å²) in [5.41, 5.74) is 0. The molecule has 0 aliphatic carbocycles. The van der Waals surface area contributed by atoms with E-state index in [9.17, 15) is 9.59 Å². The van der Waals surface area contributed by atoms with Crippen LogP contribution in [0.4, 0.5) is 0 Å². The zero-order valence-electron chi connectivity index (χ0n) is 10.5. The molecule has 0 aliphatic rings. The van der Waals surface area contributed by atoms with E-state index in [1.165, 1.54) is 0 Å². The topological polar surface area (TPSA) is 76.4 Å². The Morgan fingerprint density at radius 2 is 2.11 bits per heavy atom. The van der Waals surface area contributed by atoms with Gasteiger partial charge in [-0.1, -0.05) is 12.8 Å². The Kier molecular flexibility index (Phi) is 9.03. The fraction of sp³-hybridized carbons (Fsp3) is 0.615. The number of rotatable bonds is 8. The second kappa shape index (κ2) is 10.2. The number of carbonyl (C=O) groups is 2. The molecule has 5 nitrogen and oxygen atoms in total. The van der Waals surface area contributed by atoms with E-state index >= 15 is 0 Å². The van der Waals surface area contributed by atoms with Gasteiger partial charge in [-0.25, -0.2) is 0 Å². The molecule has 0 aromatic rings.